The molecule has 4 heteroatoms. The van der Waals surface area contributed by atoms with Crippen LogP contribution in [0.2, 0.25) is 0 Å². The second kappa shape index (κ2) is 11.8. The minimum absolute atomic E-state index is 0.0682. The molecule has 1 atom stereocenters. The Kier molecular flexibility index (Phi) is 8.46. The van der Waals surface area contributed by atoms with Gasteiger partial charge in [-0.05, 0) is 73.1 Å². The third kappa shape index (κ3) is 7.03. The average molecular weight is 404 g/mol. The normalized spacial score (nSPS) is 11.6. The third-order valence-electron chi connectivity index (χ3n) is 5.26. The van der Waals surface area contributed by atoms with Crippen LogP contribution in [0.15, 0.2) is 79.1 Å². The summed E-state index contributed by atoms with van der Waals surface area (Å²) in [6, 6.07) is 22.4. The fraction of sp³-hybridized carbons (Fsp3) is 0.308. The van der Waals surface area contributed by atoms with Gasteiger partial charge in [-0.2, -0.15) is 0 Å². The summed E-state index contributed by atoms with van der Waals surface area (Å²) in [4.78, 5) is 16.2. The van der Waals surface area contributed by atoms with Crippen LogP contribution < -0.4 is 4.74 Å². The molecule has 1 aromatic heterocycles. The molecule has 4 nitrogen and oxygen atoms in total. The number of carbonyl (C=O) groups excluding carboxylic acids is 1. The van der Waals surface area contributed by atoms with Crippen LogP contribution in [-0.2, 0) is 29.0 Å². The van der Waals surface area contributed by atoms with Crippen molar-refractivity contribution in [3.8, 4) is 5.75 Å². The standard InChI is InChI=1S/C26H29NO3/c1-29-26(28)24(9-5-8-21-6-3-2-4-7-21)13-10-22-11-14-25(15-12-22)30-20-23-16-18-27-19-17-23/h2-4,6-7,11-12,14-19,24H,5,8-10,13,20H2,1H3. The highest BCUT2D eigenvalue weighted by atomic mass is 16.5. The van der Waals surface area contributed by atoms with E-state index in [9.17, 15) is 4.79 Å². The molecule has 0 fully saturated rings. The van der Waals surface area contributed by atoms with Gasteiger partial charge < -0.3 is 9.47 Å². The number of hydrogen-bond donors (Lipinski definition) is 0. The maximum absolute atomic E-state index is 12.2. The monoisotopic (exact) mass is 403 g/mol. The van der Waals surface area contributed by atoms with Crippen molar-refractivity contribution >= 4 is 5.97 Å². The molecule has 0 amide bonds. The number of nitrogens with zero attached hydrogens (tertiary/aromatic N) is 1. The molecule has 30 heavy (non-hydrogen) atoms. The zero-order valence-corrected chi connectivity index (χ0v) is 17.5. The second-order valence-corrected chi connectivity index (χ2v) is 7.42. The summed E-state index contributed by atoms with van der Waals surface area (Å²) >= 11 is 0. The van der Waals surface area contributed by atoms with E-state index in [1.54, 1.807) is 12.4 Å². The van der Waals surface area contributed by atoms with E-state index in [0.29, 0.717) is 6.61 Å². The van der Waals surface area contributed by atoms with Gasteiger partial charge in [-0.1, -0.05) is 42.5 Å². The molecule has 0 aliphatic heterocycles. The maximum atomic E-state index is 12.2. The average Bonchev–Trinajstić information content (AvgIpc) is 2.81. The van der Waals surface area contributed by atoms with Crippen LogP contribution in [0.4, 0.5) is 0 Å². The number of aryl methyl sites for hydroxylation is 2. The van der Waals surface area contributed by atoms with Crippen molar-refractivity contribution in [1.29, 1.82) is 0 Å². The molecular weight excluding hydrogens is 374 g/mol. The van der Waals surface area contributed by atoms with E-state index in [1.165, 1.54) is 18.2 Å². The van der Waals surface area contributed by atoms with Gasteiger partial charge in [0.15, 0.2) is 0 Å². The number of ether oxygens (including phenoxy) is 2. The van der Waals surface area contributed by atoms with E-state index in [4.69, 9.17) is 9.47 Å². The van der Waals surface area contributed by atoms with Crippen LogP contribution in [0.5, 0.6) is 5.75 Å². The van der Waals surface area contributed by atoms with Gasteiger partial charge in [-0.25, -0.2) is 0 Å². The summed E-state index contributed by atoms with van der Waals surface area (Å²) in [5, 5.41) is 0. The number of rotatable bonds is 11. The summed E-state index contributed by atoms with van der Waals surface area (Å²) in [7, 11) is 1.47. The van der Waals surface area contributed by atoms with Gasteiger partial charge in [0.25, 0.3) is 0 Å². The summed E-state index contributed by atoms with van der Waals surface area (Å²) in [5.74, 6) is 0.657. The van der Waals surface area contributed by atoms with Crippen LogP contribution >= 0.6 is 0 Å². The van der Waals surface area contributed by atoms with E-state index in [1.807, 2.05) is 30.3 Å². The molecule has 0 aliphatic carbocycles. The number of pyridine rings is 1. The van der Waals surface area contributed by atoms with Gasteiger partial charge in [-0.15, -0.1) is 0 Å². The lowest BCUT2D eigenvalue weighted by atomic mass is 9.93. The Morgan fingerprint density at radius 2 is 1.53 bits per heavy atom. The topological polar surface area (TPSA) is 48.4 Å². The highest BCUT2D eigenvalue weighted by Gasteiger charge is 2.18. The molecule has 0 spiro atoms. The molecule has 0 saturated carbocycles. The lowest BCUT2D eigenvalue weighted by Gasteiger charge is -2.15. The summed E-state index contributed by atoms with van der Waals surface area (Å²) in [6.07, 6.45) is 7.96. The fourth-order valence-corrected chi connectivity index (χ4v) is 3.48. The van der Waals surface area contributed by atoms with Crippen LogP contribution in [0.3, 0.4) is 0 Å². The predicted octanol–water partition coefficient (Wildman–Crippen LogP) is 5.41. The van der Waals surface area contributed by atoms with Gasteiger partial charge in [0.05, 0.1) is 13.0 Å². The Morgan fingerprint density at radius 1 is 0.833 bits per heavy atom. The van der Waals surface area contributed by atoms with Crippen molar-refractivity contribution in [2.45, 2.75) is 38.7 Å². The molecule has 0 radical (unpaired) electrons. The minimum Gasteiger partial charge on any atom is -0.489 e. The van der Waals surface area contributed by atoms with E-state index in [2.05, 4.69) is 41.4 Å². The van der Waals surface area contributed by atoms with Gasteiger partial charge in [0, 0.05) is 12.4 Å². The number of methoxy groups -OCH3 is 1. The number of hydrogen-bond acceptors (Lipinski definition) is 4. The number of esters is 1. The predicted molar refractivity (Wildman–Crippen MR) is 118 cm³/mol. The van der Waals surface area contributed by atoms with Crippen molar-refractivity contribution in [1.82, 2.24) is 4.98 Å². The van der Waals surface area contributed by atoms with Crippen LogP contribution in [0.25, 0.3) is 0 Å². The zero-order chi connectivity index (χ0) is 21.0. The molecule has 1 heterocycles. The van der Waals surface area contributed by atoms with Crippen LogP contribution in [0, 0.1) is 5.92 Å². The number of aromatic nitrogens is 1. The molecule has 0 saturated heterocycles. The van der Waals surface area contributed by atoms with E-state index < -0.39 is 0 Å². The van der Waals surface area contributed by atoms with E-state index >= 15 is 0 Å². The smallest absolute Gasteiger partial charge is 0.308 e. The molecule has 1 unspecified atom stereocenters. The first-order chi connectivity index (χ1) is 14.7. The Labute approximate surface area is 178 Å². The second-order valence-electron chi connectivity index (χ2n) is 7.42. The first-order valence-electron chi connectivity index (χ1n) is 10.5. The largest absolute Gasteiger partial charge is 0.489 e. The number of carbonyl (C=O) groups is 1. The lowest BCUT2D eigenvalue weighted by molar-refractivity contribution is -0.145. The summed E-state index contributed by atoms with van der Waals surface area (Å²) in [6.45, 7) is 0.522. The highest BCUT2D eigenvalue weighted by Crippen LogP contribution is 2.20. The van der Waals surface area contributed by atoms with Crippen LogP contribution in [0.1, 0.15) is 36.0 Å². The first kappa shape index (κ1) is 21.6. The number of benzene rings is 2. The zero-order valence-electron chi connectivity index (χ0n) is 17.5. The third-order valence-corrected chi connectivity index (χ3v) is 5.26. The van der Waals surface area contributed by atoms with Crippen molar-refractivity contribution in [3.63, 3.8) is 0 Å². The Morgan fingerprint density at radius 3 is 2.23 bits per heavy atom. The molecule has 3 aromatic rings. The Hall–Kier alpha value is -3.14. The molecule has 0 aliphatic rings. The minimum atomic E-state index is -0.111. The molecule has 2 aromatic carbocycles. The Bertz CT molecular complexity index is 879. The van der Waals surface area contributed by atoms with E-state index in [-0.39, 0.29) is 11.9 Å². The van der Waals surface area contributed by atoms with E-state index in [0.717, 1.165) is 43.4 Å². The Balaban J connectivity index is 1.46. The van der Waals surface area contributed by atoms with Crippen molar-refractivity contribution < 1.29 is 14.3 Å². The van der Waals surface area contributed by atoms with Crippen molar-refractivity contribution in [3.05, 3.63) is 95.8 Å². The van der Waals surface area contributed by atoms with Crippen LogP contribution in [-0.4, -0.2) is 18.1 Å². The van der Waals surface area contributed by atoms with Gasteiger partial charge >= 0.3 is 5.97 Å². The van der Waals surface area contributed by atoms with Gasteiger partial charge in [0.2, 0.25) is 0 Å². The fourth-order valence-electron chi connectivity index (χ4n) is 3.48. The van der Waals surface area contributed by atoms with Crippen molar-refractivity contribution in [2.75, 3.05) is 7.11 Å². The quantitative estimate of drug-likeness (QED) is 0.402. The molecule has 0 bridgehead atoms. The molecule has 156 valence electrons. The molecular formula is C26H29NO3. The molecule has 0 N–H and O–H groups in total. The van der Waals surface area contributed by atoms with Crippen molar-refractivity contribution in [2.24, 2.45) is 5.92 Å². The lowest BCUT2D eigenvalue weighted by Crippen LogP contribution is -2.17. The van der Waals surface area contributed by atoms with Gasteiger partial charge in [0.1, 0.15) is 12.4 Å². The first-order valence-corrected chi connectivity index (χ1v) is 10.5. The maximum Gasteiger partial charge on any atom is 0.308 e. The summed E-state index contributed by atoms with van der Waals surface area (Å²) < 4.78 is 10.9. The molecule has 3 rings (SSSR count). The van der Waals surface area contributed by atoms with Gasteiger partial charge in [-0.3, -0.25) is 9.78 Å². The SMILES string of the molecule is COC(=O)C(CCCc1ccccc1)CCc1ccc(OCc2ccncc2)cc1. The summed E-state index contributed by atoms with van der Waals surface area (Å²) in [5.41, 5.74) is 3.59. The highest BCUT2D eigenvalue weighted by molar-refractivity contribution is 5.72.